The summed E-state index contributed by atoms with van der Waals surface area (Å²) >= 11 is 0. The summed E-state index contributed by atoms with van der Waals surface area (Å²) in [7, 11) is 0. The maximum Gasteiger partial charge on any atom is 0.268 e. The van der Waals surface area contributed by atoms with Gasteiger partial charge in [0, 0.05) is 12.6 Å². The predicted octanol–water partition coefficient (Wildman–Crippen LogP) is 2.70. The van der Waals surface area contributed by atoms with Crippen LogP contribution in [0.25, 0.3) is 0 Å². The van der Waals surface area contributed by atoms with E-state index in [0.717, 1.165) is 18.5 Å². The van der Waals surface area contributed by atoms with Crippen LogP contribution in [-0.4, -0.2) is 23.7 Å². The molecule has 0 saturated heterocycles. The third-order valence-corrected chi connectivity index (χ3v) is 3.15. The van der Waals surface area contributed by atoms with Gasteiger partial charge in [0.05, 0.1) is 5.69 Å². The van der Waals surface area contributed by atoms with Crippen LogP contribution in [0, 0.1) is 0 Å². The Labute approximate surface area is 107 Å². The van der Waals surface area contributed by atoms with Crippen LogP contribution in [0.15, 0.2) is 18.2 Å². The van der Waals surface area contributed by atoms with Crippen LogP contribution >= 0.6 is 0 Å². The van der Waals surface area contributed by atoms with Gasteiger partial charge in [0.2, 0.25) is 0 Å². The van der Waals surface area contributed by atoms with E-state index in [2.05, 4.69) is 6.92 Å². The van der Waals surface area contributed by atoms with Crippen LogP contribution in [-0.2, 0) is 4.79 Å². The number of fused-ring (bicyclic) bond motifs is 1. The van der Waals surface area contributed by atoms with Crippen molar-refractivity contribution in [3.8, 4) is 11.5 Å². The minimum absolute atomic E-state index is 0.0177. The lowest BCUT2D eigenvalue weighted by Crippen LogP contribution is -2.46. The molecule has 1 unspecified atom stereocenters. The van der Waals surface area contributed by atoms with Crippen LogP contribution in [0.4, 0.5) is 5.69 Å². The van der Waals surface area contributed by atoms with Crippen LogP contribution in [0.2, 0.25) is 0 Å². The minimum atomic E-state index is -0.434. The fourth-order valence-electron chi connectivity index (χ4n) is 2.12. The second kappa shape index (κ2) is 5.29. The molecule has 0 spiro atoms. The smallest absolute Gasteiger partial charge is 0.268 e. The number of carbonyl (C=O) groups excluding carboxylic acids is 1. The fourth-order valence-corrected chi connectivity index (χ4v) is 2.12. The number of hydrogen-bond acceptors (Lipinski definition) is 3. The molecule has 4 nitrogen and oxygen atoms in total. The molecular weight excluding hydrogens is 230 g/mol. The van der Waals surface area contributed by atoms with Crippen molar-refractivity contribution in [1.82, 2.24) is 0 Å². The number of carbonyl (C=O) groups is 1. The Balaban J connectivity index is 2.35. The number of anilines is 1. The minimum Gasteiger partial charge on any atom is -0.508 e. The van der Waals surface area contributed by atoms with E-state index in [9.17, 15) is 9.90 Å². The summed E-state index contributed by atoms with van der Waals surface area (Å²) in [6, 6.07) is 4.90. The maximum atomic E-state index is 12.2. The van der Waals surface area contributed by atoms with Gasteiger partial charge in [-0.25, -0.2) is 0 Å². The molecule has 1 amide bonds. The van der Waals surface area contributed by atoms with Gasteiger partial charge in [0.25, 0.3) is 5.91 Å². The zero-order chi connectivity index (χ0) is 13.1. The molecule has 1 aromatic carbocycles. The normalized spacial score (nSPS) is 18.4. The van der Waals surface area contributed by atoms with Gasteiger partial charge >= 0.3 is 0 Å². The highest BCUT2D eigenvalue weighted by atomic mass is 16.5. The van der Waals surface area contributed by atoms with Crippen LogP contribution in [0.1, 0.15) is 33.1 Å². The molecule has 0 radical (unpaired) electrons. The van der Waals surface area contributed by atoms with E-state index in [4.69, 9.17) is 4.74 Å². The first-order chi connectivity index (χ1) is 8.67. The number of phenolic OH excluding ortho intramolecular Hbond substituents is 1. The van der Waals surface area contributed by atoms with E-state index in [-0.39, 0.29) is 11.7 Å². The number of nitrogens with zero attached hydrogens (tertiary/aromatic N) is 1. The lowest BCUT2D eigenvalue weighted by atomic mass is 10.1. The molecule has 1 atom stereocenters. The largest absolute Gasteiger partial charge is 0.508 e. The molecule has 1 aliphatic heterocycles. The summed E-state index contributed by atoms with van der Waals surface area (Å²) in [5.74, 6) is 0.773. The Morgan fingerprint density at radius 3 is 2.83 bits per heavy atom. The summed E-state index contributed by atoms with van der Waals surface area (Å²) in [6.07, 6.45) is 2.20. The lowest BCUT2D eigenvalue weighted by Gasteiger charge is -2.34. The Hall–Kier alpha value is -1.71. The molecule has 0 aliphatic carbocycles. The van der Waals surface area contributed by atoms with Crippen molar-refractivity contribution in [2.75, 3.05) is 11.4 Å². The first-order valence-electron chi connectivity index (χ1n) is 6.48. The Morgan fingerprint density at radius 1 is 1.39 bits per heavy atom. The van der Waals surface area contributed by atoms with Gasteiger partial charge in [0.15, 0.2) is 6.10 Å². The molecule has 0 bridgehead atoms. The Kier molecular flexibility index (Phi) is 3.75. The summed E-state index contributed by atoms with van der Waals surface area (Å²) < 4.78 is 5.63. The summed E-state index contributed by atoms with van der Waals surface area (Å²) in [5.41, 5.74) is 0.760. The van der Waals surface area contributed by atoms with E-state index in [1.807, 2.05) is 6.92 Å². The molecule has 1 heterocycles. The van der Waals surface area contributed by atoms with Gasteiger partial charge in [-0.1, -0.05) is 20.3 Å². The van der Waals surface area contributed by atoms with Gasteiger partial charge in [0.1, 0.15) is 11.5 Å². The van der Waals surface area contributed by atoms with Crippen molar-refractivity contribution < 1.29 is 14.6 Å². The van der Waals surface area contributed by atoms with Gasteiger partial charge in [-0.3, -0.25) is 4.79 Å². The number of phenols is 1. The predicted molar refractivity (Wildman–Crippen MR) is 70.1 cm³/mol. The van der Waals surface area contributed by atoms with E-state index >= 15 is 0 Å². The zero-order valence-corrected chi connectivity index (χ0v) is 10.8. The summed E-state index contributed by atoms with van der Waals surface area (Å²) in [6.45, 7) is 4.72. The second-order valence-electron chi connectivity index (χ2n) is 4.51. The van der Waals surface area contributed by atoms with Crippen molar-refractivity contribution in [3.63, 3.8) is 0 Å². The first-order valence-corrected chi connectivity index (χ1v) is 6.48. The van der Waals surface area contributed by atoms with E-state index < -0.39 is 6.10 Å². The van der Waals surface area contributed by atoms with E-state index in [0.29, 0.717) is 18.7 Å². The highest BCUT2D eigenvalue weighted by Crippen LogP contribution is 2.37. The fraction of sp³-hybridized carbons (Fsp3) is 0.500. The molecule has 2 rings (SSSR count). The average molecular weight is 249 g/mol. The van der Waals surface area contributed by atoms with Crippen molar-refractivity contribution in [2.45, 2.75) is 39.2 Å². The highest BCUT2D eigenvalue weighted by Gasteiger charge is 2.32. The molecule has 4 heteroatoms. The monoisotopic (exact) mass is 249 g/mol. The molecule has 0 fully saturated rings. The molecule has 98 valence electrons. The SMILES string of the molecule is CCCCN1C(=O)C(CC)Oc2cc(O)ccc21. The Morgan fingerprint density at radius 2 is 2.17 bits per heavy atom. The van der Waals surface area contributed by atoms with Gasteiger partial charge in [-0.15, -0.1) is 0 Å². The van der Waals surface area contributed by atoms with Crippen molar-refractivity contribution in [1.29, 1.82) is 0 Å². The molecule has 1 aromatic rings. The first kappa shape index (κ1) is 12.7. The van der Waals surface area contributed by atoms with Crippen LogP contribution < -0.4 is 9.64 Å². The third-order valence-electron chi connectivity index (χ3n) is 3.15. The van der Waals surface area contributed by atoms with Gasteiger partial charge in [-0.05, 0) is 25.0 Å². The van der Waals surface area contributed by atoms with Crippen LogP contribution in [0.5, 0.6) is 11.5 Å². The van der Waals surface area contributed by atoms with E-state index in [1.165, 1.54) is 0 Å². The van der Waals surface area contributed by atoms with Crippen molar-refractivity contribution in [3.05, 3.63) is 18.2 Å². The van der Waals surface area contributed by atoms with Crippen molar-refractivity contribution in [2.24, 2.45) is 0 Å². The lowest BCUT2D eigenvalue weighted by molar-refractivity contribution is -0.126. The number of hydrogen-bond donors (Lipinski definition) is 1. The number of amides is 1. The topological polar surface area (TPSA) is 49.8 Å². The standard InChI is InChI=1S/C14H19NO3/c1-3-5-8-15-11-7-6-10(16)9-13(11)18-12(4-2)14(15)17/h6-7,9,12,16H,3-5,8H2,1-2H3. The number of aromatic hydroxyl groups is 1. The zero-order valence-electron chi connectivity index (χ0n) is 10.8. The average Bonchev–Trinajstić information content (AvgIpc) is 2.37. The maximum absolute atomic E-state index is 12.2. The Bertz CT molecular complexity index is 445. The molecule has 0 saturated carbocycles. The highest BCUT2D eigenvalue weighted by molar-refractivity contribution is 6.00. The van der Waals surface area contributed by atoms with Gasteiger partial charge in [-0.2, -0.15) is 0 Å². The summed E-state index contributed by atoms with van der Waals surface area (Å²) in [4.78, 5) is 14.0. The molecule has 1 N–H and O–H groups in total. The van der Waals surface area contributed by atoms with E-state index in [1.54, 1.807) is 23.1 Å². The number of benzene rings is 1. The molecular formula is C14H19NO3. The number of rotatable bonds is 4. The molecule has 18 heavy (non-hydrogen) atoms. The van der Waals surface area contributed by atoms with Gasteiger partial charge < -0.3 is 14.7 Å². The molecule has 0 aromatic heterocycles. The molecule has 1 aliphatic rings. The van der Waals surface area contributed by atoms with Crippen LogP contribution in [0.3, 0.4) is 0 Å². The number of ether oxygens (including phenoxy) is 1. The number of unbranched alkanes of at least 4 members (excludes halogenated alkanes) is 1. The summed E-state index contributed by atoms with van der Waals surface area (Å²) in [5, 5.41) is 9.49. The second-order valence-corrected chi connectivity index (χ2v) is 4.51. The third kappa shape index (κ3) is 2.28. The van der Waals surface area contributed by atoms with Crippen molar-refractivity contribution >= 4 is 11.6 Å². The quantitative estimate of drug-likeness (QED) is 0.892.